The normalized spacial score (nSPS) is 11.0. The Morgan fingerprint density at radius 2 is 2.33 bits per heavy atom. The molecule has 0 spiro atoms. The number of aromatic amines is 1. The lowest BCUT2D eigenvalue weighted by molar-refractivity contribution is -0.117. The van der Waals surface area contributed by atoms with Crippen LogP contribution in [-0.2, 0) is 9.53 Å². The van der Waals surface area contributed by atoms with E-state index in [-0.39, 0.29) is 18.9 Å². The van der Waals surface area contributed by atoms with E-state index in [4.69, 9.17) is 4.42 Å². The van der Waals surface area contributed by atoms with Crippen LogP contribution in [0.3, 0.4) is 0 Å². The van der Waals surface area contributed by atoms with Crippen LogP contribution in [0.5, 0.6) is 0 Å². The number of ether oxygens (including phenoxy) is 1. The van der Waals surface area contributed by atoms with Crippen LogP contribution < -0.4 is 5.32 Å². The minimum absolute atomic E-state index is 0.0191. The van der Waals surface area contributed by atoms with Gasteiger partial charge in [-0.05, 0) is 19.1 Å². The molecule has 0 fully saturated rings. The average molecular weight is 299 g/mol. The van der Waals surface area contributed by atoms with Gasteiger partial charge in [0.25, 0.3) is 6.43 Å². The standard InChI is InChI=1S/C13H15F2N3O3/c1-8-2-3-10(21-8)9-6-12(18-17-9)16-13(19)4-5-20-7-11(14)15/h2-3,6,11H,4-5,7H2,1H3,(H2,16,17,18,19). The smallest absolute Gasteiger partial charge is 0.261 e. The van der Waals surface area contributed by atoms with Crippen molar-refractivity contribution in [3.63, 3.8) is 0 Å². The molecule has 0 radical (unpaired) electrons. The Balaban J connectivity index is 1.81. The molecule has 0 aliphatic heterocycles. The zero-order valence-corrected chi connectivity index (χ0v) is 11.4. The lowest BCUT2D eigenvalue weighted by Gasteiger charge is -2.03. The van der Waals surface area contributed by atoms with Gasteiger partial charge in [-0.25, -0.2) is 8.78 Å². The summed E-state index contributed by atoms with van der Waals surface area (Å²) >= 11 is 0. The molecule has 0 atom stereocenters. The van der Waals surface area contributed by atoms with Crippen molar-refractivity contribution < 1.29 is 22.7 Å². The highest BCUT2D eigenvalue weighted by Gasteiger charge is 2.10. The number of rotatable bonds is 7. The molecule has 2 aromatic heterocycles. The van der Waals surface area contributed by atoms with E-state index in [1.165, 1.54) is 0 Å². The van der Waals surface area contributed by atoms with E-state index >= 15 is 0 Å². The first-order valence-corrected chi connectivity index (χ1v) is 6.32. The number of hydrogen-bond acceptors (Lipinski definition) is 4. The topological polar surface area (TPSA) is 80.1 Å². The summed E-state index contributed by atoms with van der Waals surface area (Å²) < 4.78 is 33.7. The van der Waals surface area contributed by atoms with Crippen LogP contribution in [-0.4, -0.2) is 35.7 Å². The van der Waals surface area contributed by atoms with E-state index < -0.39 is 13.0 Å². The molecule has 8 heteroatoms. The largest absolute Gasteiger partial charge is 0.460 e. The van der Waals surface area contributed by atoms with Gasteiger partial charge in [-0.15, -0.1) is 0 Å². The molecule has 0 aromatic carbocycles. The summed E-state index contributed by atoms with van der Waals surface area (Å²) in [5.41, 5.74) is 0.632. The number of nitrogens with zero attached hydrogens (tertiary/aromatic N) is 1. The molecule has 0 aliphatic carbocycles. The molecule has 6 nitrogen and oxygen atoms in total. The highest BCUT2D eigenvalue weighted by Crippen LogP contribution is 2.21. The Bertz CT molecular complexity index is 595. The predicted octanol–water partition coefficient (Wildman–Crippen LogP) is 2.59. The Kier molecular flexibility index (Phi) is 5.04. The van der Waals surface area contributed by atoms with Gasteiger partial charge in [-0.3, -0.25) is 9.89 Å². The van der Waals surface area contributed by atoms with Gasteiger partial charge in [0, 0.05) is 6.07 Å². The molecule has 2 rings (SSSR count). The van der Waals surface area contributed by atoms with E-state index in [0.29, 0.717) is 17.3 Å². The average Bonchev–Trinajstić information content (AvgIpc) is 3.03. The summed E-state index contributed by atoms with van der Waals surface area (Å²) in [5, 5.41) is 9.19. The molecule has 0 saturated carbocycles. The summed E-state index contributed by atoms with van der Waals surface area (Å²) in [6, 6.07) is 5.22. The number of hydrogen-bond donors (Lipinski definition) is 2. The van der Waals surface area contributed by atoms with Crippen molar-refractivity contribution in [3.05, 3.63) is 24.0 Å². The molecular weight excluding hydrogens is 284 g/mol. The van der Waals surface area contributed by atoms with Crippen LogP contribution in [0.25, 0.3) is 11.5 Å². The molecule has 2 aromatic rings. The van der Waals surface area contributed by atoms with Crippen LogP contribution in [0.2, 0.25) is 0 Å². The van der Waals surface area contributed by atoms with Gasteiger partial charge in [0.15, 0.2) is 11.6 Å². The molecule has 2 heterocycles. The van der Waals surface area contributed by atoms with Crippen LogP contribution in [0.4, 0.5) is 14.6 Å². The minimum Gasteiger partial charge on any atom is -0.460 e. The first-order chi connectivity index (χ1) is 10.0. The molecule has 0 unspecified atom stereocenters. The molecule has 2 N–H and O–H groups in total. The Labute approximate surface area is 119 Å². The van der Waals surface area contributed by atoms with Crippen LogP contribution in [0.15, 0.2) is 22.6 Å². The highest BCUT2D eigenvalue weighted by molar-refractivity contribution is 5.90. The zero-order valence-electron chi connectivity index (χ0n) is 11.4. The van der Waals surface area contributed by atoms with Crippen molar-refractivity contribution in [1.82, 2.24) is 10.2 Å². The van der Waals surface area contributed by atoms with Crippen molar-refractivity contribution in [2.75, 3.05) is 18.5 Å². The number of alkyl halides is 2. The number of carbonyl (C=O) groups excluding carboxylic acids is 1. The molecule has 0 aliphatic rings. The third-order valence-electron chi connectivity index (χ3n) is 2.57. The van der Waals surface area contributed by atoms with Crippen LogP contribution in [0.1, 0.15) is 12.2 Å². The van der Waals surface area contributed by atoms with Crippen molar-refractivity contribution in [1.29, 1.82) is 0 Å². The van der Waals surface area contributed by atoms with Gasteiger partial charge >= 0.3 is 0 Å². The van der Waals surface area contributed by atoms with Crippen LogP contribution in [0, 0.1) is 6.92 Å². The van der Waals surface area contributed by atoms with Crippen molar-refractivity contribution in [2.45, 2.75) is 19.8 Å². The van der Waals surface area contributed by atoms with Crippen molar-refractivity contribution in [3.8, 4) is 11.5 Å². The van der Waals surface area contributed by atoms with E-state index in [1.807, 2.05) is 13.0 Å². The van der Waals surface area contributed by atoms with Crippen molar-refractivity contribution in [2.24, 2.45) is 0 Å². The molecule has 21 heavy (non-hydrogen) atoms. The third kappa shape index (κ3) is 4.67. The zero-order chi connectivity index (χ0) is 15.2. The molecule has 0 bridgehead atoms. The summed E-state index contributed by atoms with van der Waals surface area (Å²) in [6.45, 7) is 1.09. The van der Waals surface area contributed by atoms with Crippen LogP contribution >= 0.6 is 0 Å². The fourth-order valence-electron chi connectivity index (χ4n) is 1.63. The summed E-state index contributed by atoms with van der Waals surface area (Å²) in [7, 11) is 0. The van der Waals surface area contributed by atoms with Gasteiger partial charge in [-0.1, -0.05) is 0 Å². The molecule has 114 valence electrons. The first kappa shape index (κ1) is 15.2. The molecule has 1 amide bonds. The second-order valence-electron chi connectivity index (χ2n) is 4.34. The number of halogens is 2. The number of aromatic nitrogens is 2. The second-order valence-corrected chi connectivity index (χ2v) is 4.34. The van der Waals surface area contributed by atoms with E-state index in [2.05, 4.69) is 20.3 Å². The number of anilines is 1. The molecular formula is C13H15F2N3O3. The SMILES string of the molecule is Cc1ccc(-c2cc(NC(=O)CCOCC(F)F)n[nH]2)o1. The number of nitrogens with one attached hydrogen (secondary N) is 2. The fourth-order valence-corrected chi connectivity index (χ4v) is 1.63. The first-order valence-electron chi connectivity index (χ1n) is 6.32. The number of furan rings is 1. The monoisotopic (exact) mass is 299 g/mol. The summed E-state index contributed by atoms with van der Waals surface area (Å²) in [4.78, 5) is 11.6. The second kappa shape index (κ2) is 6.98. The lowest BCUT2D eigenvalue weighted by Crippen LogP contribution is -2.15. The predicted molar refractivity (Wildman–Crippen MR) is 71.1 cm³/mol. The van der Waals surface area contributed by atoms with E-state index in [9.17, 15) is 13.6 Å². The van der Waals surface area contributed by atoms with Gasteiger partial charge in [0.1, 0.15) is 18.1 Å². The van der Waals surface area contributed by atoms with Gasteiger partial charge in [0.05, 0.1) is 13.0 Å². The fraction of sp³-hybridized carbons (Fsp3) is 0.385. The number of carbonyl (C=O) groups is 1. The van der Waals surface area contributed by atoms with Gasteiger partial charge in [-0.2, -0.15) is 5.10 Å². The third-order valence-corrected chi connectivity index (χ3v) is 2.57. The maximum absolute atomic E-state index is 11.8. The quantitative estimate of drug-likeness (QED) is 0.770. The van der Waals surface area contributed by atoms with Crippen molar-refractivity contribution >= 4 is 11.7 Å². The summed E-state index contributed by atoms with van der Waals surface area (Å²) in [5.74, 6) is 1.35. The van der Waals surface area contributed by atoms with Gasteiger partial charge in [0.2, 0.25) is 5.91 Å². The highest BCUT2D eigenvalue weighted by atomic mass is 19.3. The minimum atomic E-state index is -2.53. The number of H-pyrrole nitrogens is 1. The van der Waals surface area contributed by atoms with Gasteiger partial charge < -0.3 is 14.5 Å². The molecule has 0 saturated heterocycles. The Hall–Kier alpha value is -2.22. The van der Waals surface area contributed by atoms with E-state index in [1.54, 1.807) is 12.1 Å². The Morgan fingerprint density at radius 1 is 1.52 bits per heavy atom. The Morgan fingerprint density at radius 3 is 3.00 bits per heavy atom. The summed E-state index contributed by atoms with van der Waals surface area (Å²) in [6.07, 6.45) is -2.55. The lowest BCUT2D eigenvalue weighted by atomic mass is 10.3. The maximum Gasteiger partial charge on any atom is 0.261 e. The maximum atomic E-state index is 11.8. The number of aryl methyl sites for hydroxylation is 1. The van der Waals surface area contributed by atoms with E-state index in [0.717, 1.165) is 5.76 Å². The number of amides is 1.